The van der Waals surface area contributed by atoms with Crippen molar-refractivity contribution in [2.24, 2.45) is 5.73 Å². The Bertz CT molecular complexity index is 266. The van der Waals surface area contributed by atoms with Gasteiger partial charge in [-0.1, -0.05) is 20.8 Å². The Morgan fingerprint density at radius 1 is 1.36 bits per heavy atom. The second-order valence-electron chi connectivity index (χ2n) is 4.11. The topological polar surface area (TPSA) is 38.9 Å². The number of nitrogens with two attached hydrogens (primary N) is 1. The third-order valence-corrected chi connectivity index (χ3v) is 2.73. The van der Waals surface area contributed by atoms with E-state index in [-0.39, 0.29) is 36.3 Å². The Kier molecular flexibility index (Phi) is 7.00. The summed E-state index contributed by atoms with van der Waals surface area (Å²) in [4.78, 5) is 4.47. The van der Waals surface area contributed by atoms with E-state index < -0.39 is 0 Å². The molecule has 1 aromatic rings. The number of halogens is 2. The zero-order chi connectivity index (χ0) is 9.35. The van der Waals surface area contributed by atoms with E-state index in [1.165, 1.54) is 0 Å². The van der Waals surface area contributed by atoms with Gasteiger partial charge in [0.2, 0.25) is 0 Å². The van der Waals surface area contributed by atoms with E-state index in [1.807, 2.05) is 6.92 Å². The van der Waals surface area contributed by atoms with Crippen LogP contribution in [-0.4, -0.2) is 4.98 Å². The highest BCUT2D eigenvalue weighted by molar-refractivity contribution is 7.09. The Labute approximate surface area is 102 Å². The lowest BCUT2D eigenvalue weighted by Crippen LogP contribution is -2.12. The third-order valence-electron chi connectivity index (χ3n) is 1.68. The van der Waals surface area contributed by atoms with Crippen LogP contribution in [0, 0.1) is 0 Å². The normalized spacial score (nSPS) is 12.6. The molecule has 0 amide bonds. The Balaban J connectivity index is 0. The number of thiazole rings is 1. The minimum Gasteiger partial charge on any atom is -0.322 e. The van der Waals surface area contributed by atoms with Crippen molar-refractivity contribution < 1.29 is 0 Å². The van der Waals surface area contributed by atoms with Crippen molar-refractivity contribution in [2.75, 3.05) is 0 Å². The zero-order valence-electron chi connectivity index (χ0n) is 8.90. The number of hydrogen-bond acceptors (Lipinski definition) is 3. The quantitative estimate of drug-likeness (QED) is 0.838. The van der Waals surface area contributed by atoms with Gasteiger partial charge in [-0.15, -0.1) is 36.2 Å². The molecule has 1 heterocycles. The van der Waals surface area contributed by atoms with Crippen molar-refractivity contribution in [3.05, 3.63) is 16.1 Å². The van der Waals surface area contributed by atoms with E-state index in [0.29, 0.717) is 0 Å². The molecule has 5 heteroatoms. The van der Waals surface area contributed by atoms with Gasteiger partial charge in [0.15, 0.2) is 0 Å². The van der Waals surface area contributed by atoms with Gasteiger partial charge in [-0.05, 0) is 6.92 Å². The van der Waals surface area contributed by atoms with Gasteiger partial charge in [0.1, 0.15) is 5.01 Å². The maximum absolute atomic E-state index is 5.72. The van der Waals surface area contributed by atoms with Crippen LogP contribution in [0.25, 0.3) is 0 Å². The van der Waals surface area contributed by atoms with Gasteiger partial charge in [0.25, 0.3) is 0 Å². The molecule has 2 nitrogen and oxygen atoms in total. The molecule has 2 N–H and O–H groups in total. The molecule has 0 aliphatic carbocycles. The second kappa shape index (κ2) is 5.91. The first-order valence-corrected chi connectivity index (χ1v) is 5.00. The van der Waals surface area contributed by atoms with Crippen LogP contribution in [0.4, 0.5) is 0 Å². The maximum Gasteiger partial charge on any atom is 0.109 e. The van der Waals surface area contributed by atoms with Crippen LogP contribution in [-0.2, 0) is 5.41 Å². The van der Waals surface area contributed by atoms with E-state index in [2.05, 4.69) is 31.1 Å². The molecule has 0 aliphatic heterocycles. The first-order valence-electron chi connectivity index (χ1n) is 4.13. The summed E-state index contributed by atoms with van der Waals surface area (Å²) in [6.07, 6.45) is 0. The van der Waals surface area contributed by atoms with E-state index in [1.54, 1.807) is 11.3 Å². The molecule has 0 fully saturated rings. The van der Waals surface area contributed by atoms with E-state index >= 15 is 0 Å². The highest BCUT2D eigenvalue weighted by Gasteiger charge is 2.18. The Hall–Kier alpha value is 0.170. The molecule has 84 valence electrons. The molecule has 1 unspecified atom stereocenters. The average Bonchev–Trinajstić information content (AvgIpc) is 2.30. The number of rotatable bonds is 1. The lowest BCUT2D eigenvalue weighted by molar-refractivity contribution is 0.569. The molecule has 0 aromatic carbocycles. The largest absolute Gasteiger partial charge is 0.322 e. The fourth-order valence-electron chi connectivity index (χ4n) is 0.841. The highest BCUT2D eigenvalue weighted by Crippen LogP contribution is 2.25. The standard InChI is InChI=1S/C9H16N2S.2ClH/c1-6(10)8-11-7(5-12-8)9(2,3)4;;/h5-6H,10H2,1-4H3;2*1H. The predicted molar refractivity (Wildman–Crippen MR) is 67.9 cm³/mol. The maximum atomic E-state index is 5.72. The summed E-state index contributed by atoms with van der Waals surface area (Å²) >= 11 is 1.65. The smallest absolute Gasteiger partial charge is 0.109 e. The third kappa shape index (κ3) is 4.13. The summed E-state index contributed by atoms with van der Waals surface area (Å²) < 4.78 is 0. The lowest BCUT2D eigenvalue weighted by atomic mass is 9.93. The number of hydrogen-bond donors (Lipinski definition) is 1. The molecule has 1 rings (SSSR count). The van der Waals surface area contributed by atoms with Gasteiger partial charge in [-0.25, -0.2) is 4.98 Å². The summed E-state index contributed by atoms with van der Waals surface area (Å²) in [7, 11) is 0. The van der Waals surface area contributed by atoms with Crippen molar-refractivity contribution in [2.45, 2.75) is 39.2 Å². The summed E-state index contributed by atoms with van der Waals surface area (Å²) in [5, 5.41) is 3.12. The van der Waals surface area contributed by atoms with Crippen LogP contribution in [0.1, 0.15) is 44.4 Å². The molecule has 1 atom stereocenters. The summed E-state index contributed by atoms with van der Waals surface area (Å²) in [5.41, 5.74) is 7.00. The van der Waals surface area contributed by atoms with E-state index in [9.17, 15) is 0 Å². The molecule has 0 saturated heterocycles. The van der Waals surface area contributed by atoms with E-state index in [4.69, 9.17) is 5.73 Å². The minimum atomic E-state index is 0. The summed E-state index contributed by atoms with van der Waals surface area (Å²) in [5.74, 6) is 0. The first kappa shape index (κ1) is 16.6. The van der Waals surface area contributed by atoms with Crippen molar-refractivity contribution in [1.29, 1.82) is 0 Å². The Morgan fingerprint density at radius 2 is 1.86 bits per heavy atom. The zero-order valence-corrected chi connectivity index (χ0v) is 11.4. The fraction of sp³-hybridized carbons (Fsp3) is 0.667. The van der Waals surface area contributed by atoms with Crippen molar-refractivity contribution >= 4 is 36.2 Å². The van der Waals surface area contributed by atoms with E-state index in [0.717, 1.165) is 10.7 Å². The predicted octanol–water partition coefficient (Wildman–Crippen LogP) is 3.30. The molecule has 0 spiro atoms. The van der Waals surface area contributed by atoms with Crippen molar-refractivity contribution in [1.82, 2.24) is 4.98 Å². The van der Waals surface area contributed by atoms with Gasteiger partial charge < -0.3 is 5.73 Å². The molecular formula is C9H18Cl2N2S. The lowest BCUT2D eigenvalue weighted by Gasteiger charge is -2.14. The molecule has 0 radical (unpaired) electrons. The van der Waals surface area contributed by atoms with Gasteiger partial charge in [-0.3, -0.25) is 0 Å². The van der Waals surface area contributed by atoms with Crippen LogP contribution in [0.3, 0.4) is 0 Å². The molecule has 1 aromatic heterocycles. The van der Waals surface area contributed by atoms with Crippen molar-refractivity contribution in [3.8, 4) is 0 Å². The van der Waals surface area contributed by atoms with Gasteiger partial charge in [0, 0.05) is 10.8 Å². The summed E-state index contributed by atoms with van der Waals surface area (Å²) in [6.45, 7) is 8.44. The van der Waals surface area contributed by atoms with Crippen molar-refractivity contribution in [3.63, 3.8) is 0 Å². The molecule has 14 heavy (non-hydrogen) atoms. The first-order chi connectivity index (χ1) is 5.41. The van der Waals surface area contributed by atoms with Gasteiger partial charge >= 0.3 is 0 Å². The fourth-order valence-corrected chi connectivity index (χ4v) is 1.85. The summed E-state index contributed by atoms with van der Waals surface area (Å²) in [6, 6.07) is 0.0612. The number of aromatic nitrogens is 1. The number of nitrogens with zero attached hydrogens (tertiary/aromatic N) is 1. The molecular weight excluding hydrogens is 239 g/mol. The highest BCUT2D eigenvalue weighted by atomic mass is 35.5. The van der Waals surface area contributed by atoms with Gasteiger partial charge in [0.05, 0.1) is 11.7 Å². The van der Waals surface area contributed by atoms with Crippen LogP contribution >= 0.6 is 36.2 Å². The molecule has 0 aliphatic rings. The SMILES string of the molecule is CC(N)c1nc(C(C)(C)C)cs1.Cl.Cl. The van der Waals surface area contributed by atoms with Gasteiger partial charge in [-0.2, -0.15) is 0 Å². The monoisotopic (exact) mass is 256 g/mol. The van der Waals surface area contributed by atoms with Crippen LogP contribution in [0.2, 0.25) is 0 Å². The second-order valence-corrected chi connectivity index (χ2v) is 5.00. The molecule has 0 bridgehead atoms. The average molecular weight is 257 g/mol. The molecule has 0 saturated carbocycles. The minimum absolute atomic E-state index is 0. The van der Waals surface area contributed by atoms with Crippen LogP contribution in [0.15, 0.2) is 5.38 Å². The Morgan fingerprint density at radius 3 is 2.07 bits per heavy atom. The van der Waals surface area contributed by atoms with Crippen LogP contribution < -0.4 is 5.73 Å². The van der Waals surface area contributed by atoms with Crippen LogP contribution in [0.5, 0.6) is 0 Å².